The van der Waals surface area contributed by atoms with Gasteiger partial charge in [0.1, 0.15) is 0 Å². The third-order valence-corrected chi connectivity index (χ3v) is 5.41. The van der Waals surface area contributed by atoms with Gasteiger partial charge in [0, 0.05) is 5.56 Å². The van der Waals surface area contributed by atoms with Crippen LogP contribution in [0.25, 0.3) is 5.69 Å². The zero-order valence-electron chi connectivity index (χ0n) is 14.1. The molecule has 1 aromatic heterocycles. The molecule has 0 aliphatic rings. The summed E-state index contributed by atoms with van der Waals surface area (Å²) in [4.78, 5) is 12.4. The lowest BCUT2D eigenvalue weighted by Gasteiger charge is -2.09. The van der Waals surface area contributed by atoms with E-state index in [1.807, 2.05) is 49.7 Å². The highest BCUT2D eigenvalue weighted by atomic mass is 79.9. The normalized spacial score (nSPS) is 10.8. The zero-order chi connectivity index (χ0) is 18.1. The number of anilines is 1. The molecule has 0 saturated heterocycles. The molecule has 1 heterocycles. The Balaban J connectivity index is 1.82. The van der Waals surface area contributed by atoms with Crippen LogP contribution in [0.5, 0.6) is 0 Å². The Kier molecular flexibility index (Phi) is 4.97. The average Bonchev–Trinajstić information content (AvgIpc) is 2.85. The first kappa shape index (κ1) is 17.7. The largest absolute Gasteiger partial charge is 0.321 e. The van der Waals surface area contributed by atoms with Crippen LogP contribution in [0.1, 0.15) is 27.3 Å². The molecule has 0 atom stereocenters. The van der Waals surface area contributed by atoms with Crippen LogP contribution in [-0.2, 0) is 0 Å². The second-order valence-electron chi connectivity index (χ2n) is 5.88. The lowest BCUT2D eigenvalue weighted by Crippen LogP contribution is -2.12. The van der Waals surface area contributed by atoms with Gasteiger partial charge in [0.05, 0.1) is 32.3 Å². The summed E-state index contributed by atoms with van der Waals surface area (Å²) >= 11 is 9.69. The predicted octanol–water partition coefficient (Wildman–Crippen LogP) is 5.47. The van der Waals surface area contributed by atoms with Gasteiger partial charge < -0.3 is 5.32 Å². The minimum absolute atomic E-state index is 0.202. The number of carbonyl (C=O) groups is 1. The fourth-order valence-electron chi connectivity index (χ4n) is 2.55. The Morgan fingerprint density at radius 1 is 1.12 bits per heavy atom. The van der Waals surface area contributed by atoms with Crippen molar-refractivity contribution in [1.29, 1.82) is 0 Å². The molecular weight excluding hydrogens is 402 g/mol. The summed E-state index contributed by atoms with van der Waals surface area (Å²) in [6.45, 7) is 5.89. The van der Waals surface area contributed by atoms with Gasteiger partial charge in [0.25, 0.3) is 5.91 Å². The highest BCUT2D eigenvalue weighted by Crippen LogP contribution is 2.25. The number of nitrogens with one attached hydrogen (secondary N) is 1. The first-order chi connectivity index (χ1) is 11.9. The van der Waals surface area contributed by atoms with Gasteiger partial charge in [-0.1, -0.05) is 17.7 Å². The lowest BCUT2D eigenvalue weighted by atomic mass is 10.1. The molecule has 0 bridgehead atoms. The van der Waals surface area contributed by atoms with E-state index in [1.54, 1.807) is 18.2 Å². The van der Waals surface area contributed by atoms with Crippen molar-refractivity contribution in [2.45, 2.75) is 20.8 Å². The Labute approximate surface area is 159 Å². The Bertz CT molecular complexity index is 948. The van der Waals surface area contributed by atoms with Crippen LogP contribution in [-0.4, -0.2) is 15.7 Å². The molecule has 4 nitrogen and oxygen atoms in total. The minimum Gasteiger partial charge on any atom is -0.321 e. The summed E-state index contributed by atoms with van der Waals surface area (Å²) in [5.41, 5.74) is 5.04. The molecule has 3 aromatic rings. The van der Waals surface area contributed by atoms with Crippen LogP contribution in [0.3, 0.4) is 0 Å². The maximum absolute atomic E-state index is 12.4. The van der Waals surface area contributed by atoms with Crippen molar-refractivity contribution in [3.05, 3.63) is 74.5 Å². The van der Waals surface area contributed by atoms with Gasteiger partial charge in [-0.25, -0.2) is 4.68 Å². The molecule has 128 valence electrons. The number of carbonyl (C=O) groups excluding carboxylic acids is 1. The minimum atomic E-state index is -0.202. The summed E-state index contributed by atoms with van der Waals surface area (Å²) in [6.07, 6.45) is 0. The van der Waals surface area contributed by atoms with E-state index in [9.17, 15) is 4.79 Å². The smallest absolute Gasteiger partial charge is 0.255 e. The molecule has 1 N–H and O–H groups in total. The SMILES string of the molecule is Cc1ccc(NC(=O)c2ccc(-n3nc(C)c(Br)c3C)cc2)c(Cl)c1. The number of hydrogen-bond donors (Lipinski definition) is 1. The van der Waals surface area contributed by atoms with Crippen LogP contribution in [0.2, 0.25) is 5.02 Å². The summed E-state index contributed by atoms with van der Waals surface area (Å²) in [7, 11) is 0. The van der Waals surface area contributed by atoms with Crippen LogP contribution >= 0.6 is 27.5 Å². The van der Waals surface area contributed by atoms with Gasteiger partial charge in [-0.05, 0) is 78.7 Å². The Morgan fingerprint density at radius 3 is 2.36 bits per heavy atom. The van der Waals surface area contributed by atoms with Crippen molar-refractivity contribution < 1.29 is 4.79 Å². The van der Waals surface area contributed by atoms with Crippen molar-refractivity contribution in [2.75, 3.05) is 5.32 Å². The average molecular weight is 419 g/mol. The number of rotatable bonds is 3. The molecule has 2 aromatic carbocycles. The van der Waals surface area contributed by atoms with E-state index in [1.165, 1.54) is 0 Å². The maximum atomic E-state index is 12.4. The van der Waals surface area contributed by atoms with E-state index in [-0.39, 0.29) is 5.91 Å². The molecule has 0 fully saturated rings. The number of aryl methyl sites for hydroxylation is 2. The van der Waals surface area contributed by atoms with E-state index >= 15 is 0 Å². The summed E-state index contributed by atoms with van der Waals surface area (Å²) in [5.74, 6) is -0.202. The standard InChI is InChI=1S/C19H17BrClN3O/c1-11-4-9-17(16(21)10-11)22-19(25)14-5-7-15(8-6-14)24-13(3)18(20)12(2)23-24/h4-10H,1-3H3,(H,22,25). The number of amides is 1. The van der Waals surface area contributed by atoms with Gasteiger partial charge in [-0.3, -0.25) is 4.79 Å². The van der Waals surface area contributed by atoms with Crippen molar-refractivity contribution in [3.8, 4) is 5.69 Å². The first-order valence-electron chi connectivity index (χ1n) is 7.76. The second kappa shape index (κ2) is 7.02. The lowest BCUT2D eigenvalue weighted by molar-refractivity contribution is 0.102. The Morgan fingerprint density at radius 2 is 1.80 bits per heavy atom. The second-order valence-corrected chi connectivity index (χ2v) is 7.08. The topological polar surface area (TPSA) is 46.9 Å². The first-order valence-corrected chi connectivity index (χ1v) is 8.93. The molecule has 0 spiro atoms. The van der Waals surface area contributed by atoms with Gasteiger partial charge >= 0.3 is 0 Å². The van der Waals surface area contributed by atoms with Crippen molar-refractivity contribution in [1.82, 2.24) is 9.78 Å². The fraction of sp³-hybridized carbons (Fsp3) is 0.158. The van der Waals surface area contributed by atoms with Crippen molar-refractivity contribution in [2.24, 2.45) is 0 Å². The molecule has 25 heavy (non-hydrogen) atoms. The van der Waals surface area contributed by atoms with Gasteiger partial charge in [0.15, 0.2) is 0 Å². The van der Waals surface area contributed by atoms with E-state index in [0.717, 1.165) is 27.1 Å². The Hall–Kier alpha value is -2.11. The van der Waals surface area contributed by atoms with E-state index in [2.05, 4.69) is 26.3 Å². The molecule has 0 saturated carbocycles. The van der Waals surface area contributed by atoms with Gasteiger partial charge in [-0.2, -0.15) is 5.10 Å². The fourth-order valence-corrected chi connectivity index (χ4v) is 3.07. The number of hydrogen-bond acceptors (Lipinski definition) is 2. The predicted molar refractivity (Wildman–Crippen MR) is 105 cm³/mol. The van der Waals surface area contributed by atoms with E-state index < -0.39 is 0 Å². The van der Waals surface area contributed by atoms with E-state index in [0.29, 0.717) is 16.3 Å². The number of halogens is 2. The van der Waals surface area contributed by atoms with Crippen LogP contribution in [0.15, 0.2) is 46.9 Å². The molecule has 0 unspecified atom stereocenters. The highest BCUT2D eigenvalue weighted by Gasteiger charge is 2.12. The summed E-state index contributed by atoms with van der Waals surface area (Å²) < 4.78 is 2.83. The molecule has 0 aliphatic heterocycles. The highest BCUT2D eigenvalue weighted by molar-refractivity contribution is 9.10. The third-order valence-electron chi connectivity index (χ3n) is 3.95. The molecule has 1 amide bonds. The molecular formula is C19H17BrClN3O. The van der Waals surface area contributed by atoms with Crippen LogP contribution in [0.4, 0.5) is 5.69 Å². The monoisotopic (exact) mass is 417 g/mol. The van der Waals surface area contributed by atoms with E-state index in [4.69, 9.17) is 11.6 Å². The molecule has 0 radical (unpaired) electrons. The third kappa shape index (κ3) is 3.62. The molecule has 6 heteroatoms. The number of benzene rings is 2. The van der Waals surface area contributed by atoms with Gasteiger partial charge in [0.2, 0.25) is 0 Å². The van der Waals surface area contributed by atoms with Gasteiger partial charge in [-0.15, -0.1) is 0 Å². The maximum Gasteiger partial charge on any atom is 0.255 e. The van der Waals surface area contributed by atoms with Crippen LogP contribution < -0.4 is 5.32 Å². The van der Waals surface area contributed by atoms with Crippen molar-refractivity contribution >= 4 is 39.1 Å². The molecule has 0 aliphatic carbocycles. The molecule has 3 rings (SSSR count). The van der Waals surface area contributed by atoms with Crippen molar-refractivity contribution in [3.63, 3.8) is 0 Å². The quantitative estimate of drug-likeness (QED) is 0.613. The summed E-state index contributed by atoms with van der Waals surface area (Å²) in [5, 5.41) is 7.86. The zero-order valence-corrected chi connectivity index (χ0v) is 16.4. The number of nitrogens with zero attached hydrogens (tertiary/aromatic N) is 2. The number of aromatic nitrogens is 2. The summed E-state index contributed by atoms with van der Waals surface area (Å²) in [6, 6.07) is 12.8. The van der Waals surface area contributed by atoms with Crippen LogP contribution in [0, 0.1) is 20.8 Å².